The highest BCUT2D eigenvalue weighted by molar-refractivity contribution is 7.95. The molecule has 3 aliphatic rings. The normalized spacial score (nSPS) is 26.7. The van der Waals surface area contributed by atoms with Gasteiger partial charge in [0, 0.05) is 26.2 Å². The second kappa shape index (κ2) is 7.87. The maximum Gasteiger partial charge on any atom is 0.233 e. The van der Waals surface area contributed by atoms with Gasteiger partial charge in [-0.15, -0.1) is 0 Å². The summed E-state index contributed by atoms with van der Waals surface area (Å²) in [6.45, 7) is 0.830. The van der Waals surface area contributed by atoms with Gasteiger partial charge in [-0.25, -0.2) is 21.2 Å². The SMILES string of the molecule is O=C(N1CCN(S(=O)(=O)C2CCS(=O)(=O)C2)CC1)C1(c2cccc(F)c2)CCCC1. The first-order valence-electron chi connectivity index (χ1n) is 10.4. The van der Waals surface area contributed by atoms with E-state index in [2.05, 4.69) is 0 Å². The van der Waals surface area contributed by atoms with Gasteiger partial charge in [0.15, 0.2) is 9.84 Å². The minimum atomic E-state index is -3.71. The van der Waals surface area contributed by atoms with Gasteiger partial charge >= 0.3 is 0 Å². The van der Waals surface area contributed by atoms with E-state index in [1.54, 1.807) is 17.0 Å². The van der Waals surface area contributed by atoms with Gasteiger partial charge in [-0.05, 0) is 37.0 Å². The third-order valence-corrected chi connectivity index (χ3v) is 11.1. The van der Waals surface area contributed by atoms with Gasteiger partial charge in [-0.1, -0.05) is 25.0 Å². The Labute approximate surface area is 177 Å². The standard InChI is InChI=1S/C20H27FN2O5S2/c21-17-5-3-4-16(14-17)20(7-1-2-8-20)19(24)22-9-11-23(12-10-22)30(27,28)18-6-13-29(25,26)15-18/h3-5,14,18H,1-2,6-13,15H2. The molecule has 2 aliphatic heterocycles. The highest BCUT2D eigenvalue weighted by atomic mass is 32.2. The number of carbonyl (C=O) groups is 1. The number of piperazine rings is 1. The Morgan fingerprint density at radius 2 is 1.77 bits per heavy atom. The second-order valence-corrected chi connectivity index (χ2v) is 13.0. The zero-order valence-electron chi connectivity index (χ0n) is 16.8. The molecule has 0 N–H and O–H groups in total. The van der Waals surface area contributed by atoms with Crippen molar-refractivity contribution >= 4 is 25.8 Å². The maximum absolute atomic E-state index is 13.8. The van der Waals surface area contributed by atoms with Crippen LogP contribution in [-0.4, -0.2) is 74.9 Å². The maximum atomic E-state index is 13.8. The Morgan fingerprint density at radius 3 is 2.33 bits per heavy atom. The van der Waals surface area contributed by atoms with Crippen LogP contribution in [0, 0.1) is 5.82 Å². The molecule has 1 atom stereocenters. The van der Waals surface area contributed by atoms with Gasteiger partial charge in [-0.3, -0.25) is 4.79 Å². The zero-order chi connectivity index (χ0) is 21.6. The summed E-state index contributed by atoms with van der Waals surface area (Å²) in [7, 11) is -7.00. The van der Waals surface area contributed by atoms with Crippen LogP contribution in [0.2, 0.25) is 0 Å². The molecule has 0 aromatic heterocycles. The fraction of sp³-hybridized carbons (Fsp3) is 0.650. The third-order valence-electron chi connectivity index (χ3n) is 6.74. The molecule has 2 heterocycles. The lowest BCUT2D eigenvalue weighted by Crippen LogP contribution is -2.56. The first-order chi connectivity index (χ1) is 14.1. The molecule has 1 saturated carbocycles. The molecule has 0 bridgehead atoms. The molecule has 0 radical (unpaired) electrons. The van der Waals surface area contributed by atoms with Gasteiger partial charge in [0.25, 0.3) is 0 Å². The highest BCUT2D eigenvalue weighted by Gasteiger charge is 2.47. The summed E-state index contributed by atoms with van der Waals surface area (Å²) >= 11 is 0. The van der Waals surface area contributed by atoms with Crippen LogP contribution in [0.15, 0.2) is 24.3 Å². The molecule has 30 heavy (non-hydrogen) atoms. The van der Waals surface area contributed by atoms with E-state index in [1.807, 2.05) is 0 Å². The van der Waals surface area contributed by atoms with Gasteiger partial charge in [0.05, 0.1) is 22.2 Å². The average Bonchev–Trinajstić information content (AvgIpc) is 3.35. The molecule has 1 aromatic rings. The predicted octanol–water partition coefficient (Wildman–Crippen LogP) is 1.30. The summed E-state index contributed by atoms with van der Waals surface area (Å²) in [5, 5.41) is -0.891. The molecule has 7 nitrogen and oxygen atoms in total. The smallest absolute Gasteiger partial charge is 0.233 e. The van der Waals surface area contributed by atoms with Crippen LogP contribution < -0.4 is 0 Å². The number of rotatable bonds is 4. The van der Waals surface area contributed by atoms with Crippen molar-refractivity contribution in [2.45, 2.75) is 42.8 Å². The van der Waals surface area contributed by atoms with E-state index >= 15 is 0 Å². The van der Waals surface area contributed by atoms with E-state index in [4.69, 9.17) is 0 Å². The number of benzene rings is 1. The molecule has 2 saturated heterocycles. The molecule has 1 amide bonds. The number of sulfone groups is 1. The predicted molar refractivity (Wildman–Crippen MR) is 111 cm³/mol. The average molecular weight is 459 g/mol. The van der Waals surface area contributed by atoms with E-state index in [0.29, 0.717) is 18.4 Å². The number of hydrogen-bond donors (Lipinski definition) is 0. The molecule has 1 aromatic carbocycles. The number of amides is 1. The number of sulfonamides is 1. The van der Waals surface area contributed by atoms with Crippen LogP contribution >= 0.6 is 0 Å². The fourth-order valence-corrected chi connectivity index (χ4v) is 9.56. The number of halogens is 1. The summed E-state index contributed by atoms with van der Waals surface area (Å²) in [6.07, 6.45) is 3.24. The van der Waals surface area contributed by atoms with Crippen molar-refractivity contribution < 1.29 is 26.0 Å². The minimum Gasteiger partial charge on any atom is -0.339 e. The Kier molecular flexibility index (Phi) is 5.69. The van der Waals surface area contributed by atoms with Crippen LogP contribution in [0.5, 0.6) is 0 Å². The first kappa shape index (κ1) is 21.7. The van der Waals surface area contributed by atoms with E-state index < -0.39 is 30.5 Å². The van der Waals surface area contributed by atoms with Crippen molar-refractivity contribution in [3.63, 3.8) is 0 Å². The number of carbonyl (C=O) groups excluding carboxylic acids is 1. The summed E-state index contributed by atoms with van der Waals surface area (Å²) in [4.78, 5) is 15.2. The first-order valence-corrected chi connectivity index (χ1v) is 13.7. The van der Waals surface area contributed by atoms with Crippen LogP contribution in [0.4, 0.5) is 4.39 Å². The molecule has 166 valence electrons. The molecule has 10 heteroatoms. The summed E-state index contributed by atoms with van der Waals surface area (Å²) in [6, 6.07) is 6.22. The molecule has 4 rings (SSSR count). The van der Waals surface area contributed by atoms with Crippen molar-refractivity contribution in [1.82, 2.24) is 9.21 Å². The molecular formula is C20H27FN2O5S2. The Balaban J connectivity index is 1.47. The van der Waals surface area contributed by atoms with Crippen LogP contribution in [0.3, 0.4) is 0 Å². The van der Waals surface area contributed by atoms with Gasteiger partial charge in [0.2, 0.25) is 15.9 Å². The molecule has 0 spiro atoms. The van der Waals surface area contributed by atoms with Crippen LogP contribution in [0.1, 0.15) is 37.7 Å². The lowest BCUT2D eigenvalue weighted by molar-refractivity contribution is -0.138. The van der Waals surface area contributed by atoms with Crippen molar-refractivity contribution in [3.05, 3.63) is 35.6 Å². The topological polar surface area (TPSA) is 91.8 Å². The molecule has 1 unspecified atom stereocenters. The Bertz CT molecular complexity index is 1030. The Hall–Kier alpha value is -1.52. The third kappa shape index (κ3) is 3.89. The second-order valence-electron chi connectivity index (χ2n) is 8.56. The van der Waals surface area contributed by atoms with Crippen molar-refractivity contribution in [2.75, 3.05) is 37.7 Å². The minimum absolute atomic E-state index is 0.0638. The van der Waals surface area contributed by atoms with E-state index in [-0.39, 0.29) is 55.8 Å². The summed E-state index contributed by atoms with van der Waals surface area (Å²) in [5.41, 5.74) is -0.0564. The number of nitrogens with zero attached hydrogens (tertiary/aromatic N) is 2. The van der Waals surface area contributed by atoms with Gasteiger partial charge in [0.1, 0.15) is 5.82 Å². The molecular weight excluding hydrogens is 431 g/mol. The zero-order valence-corrected chi connectivity index (χ0v) is 18.4. The molecule has 1 aliphatic carbocycles. The fourth-order valence-electron chi connectivity index (χ4n) is 5.05. The van der Waals surface area contributed by atoms with Gasteiger partial charge < -0.3 is 4.90 Å². The summed E-state index contributed by atoms with van der Waals surface area (Å²) < 4.78 is 64.2. The van der Waals surface area contributed by atoms with Crippen LogP contribution in [0.25, 0.3) is 0 Å². The lowest BCUT2D eigenvalue weighted by Gasteiger charge is -2.40. The monoisotopic (exact) mass is 458 g/mol. The van der Waals surface area contributed by atoms with E-state index in [1.165, 1.54) is 16.4 Å². The van der Waals surface area contributed by atoms with Gasteiger partial charge in [-0.2, -0.15) is 4.31 Å². The van der Waals surface area contributed by atoms with E-state index in [0.717, 1.165) is 12.8 Å². The van der Waals surface area contributed by atoms with E-state index in [9.17, 15) is 26.0 Å². The summed E-state index contributed by atoms with van der Waals surface area (Å²) in [5.74, 6) is -0.844. The lowest BCUT2D eigenvalue weighted by atomic mass is 9.77. The van der Waals surface area contributed by atoms with Crippen LogP contribution in [-0.2, 0) is 30.1 Å². The number of hydrogen-bond acceptors (Lipinski definition) is 5. The van der Waals surface area contributed by atoms with Crippen molar-refractivity contribution in [1.29, 1.82) is 0 Å². The van der Waals surface area contributed by atoms with Crippen molar-refractivity contribution in [3.8, 4) is 0 Å². The quantitative estimate of drug-likeness (QED) is 0.678. The molecule has 3 fully saturated rings. The Morgan fingerprint density at radius 1 is 1.10 bits per heavy atom. The largest absolute Gasteiger partial charge is 0.339 e. The highest BCUT2D eigenvalue weighted by Crippen LogP contribution is 2.43. The van der Waals surface area contributed by atoms with Crippen molar-refractivity contribution in [2.24, 2.45) is 0 Å².